The van der Waals surface area contributed by atoms with Gasteiger partial charge in [0, 0.05) is 32.5 Å². The number of hydrogen-bond donors (Lipinski definition) is 1. The van der Waals surface area contributed by atoms with Crippen LogP contribution in [0.15, 0.2) is 18.5 Å². The summed E-state index contributed by atoms with van der Waals surface area (Å²) >= 11 is 0. The number of piperidine rings is 1. The second kappa shape index (κ2) is 11.3. The molecule has 25 heavy (non-hydrogen) atoms. The van der Waals surface area contributed by atoms with E-state index in [1.165, 1.54) is 4.90 Å². The molecular formula is C16H29Cl2N5O2. The smallest absolute Gasteiger partial charge is 0.247 e. The molecular weight excluding hydrogens is 365 g/mol. The Morgan fingerprint density at radius 1 is 1.40 bits per heavy atom. The summed E-state index contributed by atoms with van der Waals surface area (Å²) in [6.45, 7) is 4.40. The number of aromatic nitrogens is 2. The van der Waals surface area contributed by atoms with Crippen molar-refractivity contribution in [3.05, 3.63) is 18.5 Å². The second-order valence-electron chi connectivity index (χ2n) is 6.26. The van der Waals surface area contributed by atoms with Gasteiger partial charge in [-0.1, -0.05) is 0 Å². The Morgan fingerprint density at radius 3 is 2.72 bits per heavy atom. The molecule has 2 amide bonds. The van der Waals surface area contributed by atoms with Gasteiger partial charge in [0.15, 0.2) is 0 Å². The maximum atomic E-state index is 12.5. The maximum absolute atomic E-state index is 12.5. The normalized spacial score (nSPS) is 17.9. The van der Waals surface area contributed by atoms with Crippen molar-refractivity contribution >= 4 is 36.6 Å². The van der Waals surface area contributed by atoms with E-state index in [-0.39, 0.29) is 43.2 Å². The van der Waals surface area contributed by atoms with Crippen molar-refractivity contribution in [3.63, 3.8) is 0 Å². The first kappa shape index (κ1) is 23.7. The Hall–Kier alpha value is -1.31. The zero-order valence-corrected chi connectivity index (χ0v) is 16.7. The molecule has 2 atom stereocenters. The Balaban J connectivity index is 0.00000288. The molecule has 0 saturated carbocycles. The molecule has 9 heteroatoms. The Kier molecular flexibility index (Phi) is 10.7. The van der Waals surface area contributed by atoms with Crippen LogP contribution in [-0.4, -0.2) is 71.7 Å². The fourth-order valence-electron chi connectivity index (χ4n) is 3.07. The number of rotatable bonds is 6. The molecule has 2 heterocycles. The number of carbonyl (C=O) groups excluding carboxylic acids is 2. The number of halogens is 2. The molecule has 1 aromatic rings. The average molecular weight is 394 g/mol. The average Bonchev–Trinajstić information content (AvgIpc) is 3.08. The van der Waals surface area contributed by atoms with Crippen LogP contribution in [0, 0.1) is 5.92 Å². The minimum atomic E-state index is -0.402. The molecule has 0 spiro atoms. The standard InChI is InChI=1S/C16H27N5O2.2ClH/c1-13(21-9-5-7-18-21)16(23)19(3)12-15(22)20-8-4-6-14(11-20)10-17-2;;/h5,7,9,13-14,17H,4,6,8,10-12H2,1-3H3;2*1H. The predicted molar refractivity (Wildman–Crippen MR) is 102 cm³/mol. The topological polar surface area (TPSA) is 70.5 Å². The van der Waals surface area contributed by atoms with Crippen molar-refractivity contribution in [1.29, 1.82) is 0 Å². The van der Waals surface area contributed by atoms with Gasteiger partial charge in [-0.2, -0.15) is 5.10 Å². The molecule has 0 aliphatic carbocycles. The van der Waals surface area contributed by atoms with Crippen molar-refractivity contribution in [2.24, 2.45) is 5.92 Å². The summed E-state index contributed by atoms with van der Waals surface area (Å²) in [5.41, 5.74) is 0. The Morgan fingerprint density at radius 2 is 2.12 bits per heavy atom. The summed E-state index contributed by atoms with van der Waals surface area (Å²) in [6, 6.07) is 1.38. The maximum Gasteiger partial charge on any atom is 0.247 e. The lowest BCUT2D eigenvalue weighted by Gasteiger charge is -2.34. The highest BCUT2D eigenvalue weighted by molar-refractivity contribution is 5.86. The second-order valence-corrected chi connectivity index (χ2v) is 6.26. The molecule has 2 unspecified atom stereocenters. The highest BCUT2D eigenvalue weighted by Gasteiger charge is 2.26. The summed E-state index contributed by atoms with van der Waals surface area (Å²) in [5.74, 6) is 0.418. The van der Waals surface area contributed by atoms with Gasteiger partial charge in [-0.05, 0) is 45.3 Å². The molecule has 1 N–H and O–H groups in total. The van der Waals surface area contributed by atoms with E-state index >= 15 is 0 Å². The van der Waals surface area contributed by atoms with Gasteiger partial charge in [-0.25, -0.2) is 0 Å². The lowest BCUT2D eigenvalue weighted by Crippen LogP contribution is -2.47. The van der Waals surface area contributed by atoms with E-state index in [9.17, 15) is 9.59 Å². The van der Waals surface area contributed by atoms with Crippen LogP contribution < -0.4 is 5.32 Å². The van der Waals surface area contributed by atoms with E-state index in [1.54, 1.807) is 37.1 Å². The molecule has 7 nitrogen and oxygen atoms in total. The molecule has 0 aromatic carbocycles. The summed E-state index contributed by atoms with van der Waals surface area (Å²) in [6.07, 6.45) is 5.57. The lowest BCUT2D eigenvalue weighted by molar-refractivity contribution is -0.142. The van der Waals surface area contributed by atoms with E-state index in [4.69, 9.17) is 0 Å². The Labute approximate surface area is 161 Å². The number of nitrogens with zero attached hydrogens (tertiary/aromatic N) is 4. The van der Waals surface area contributed by atoms with Crippen molar-refractivity contribution in [3.8, 4) is 0 Å². The first-order valence-electron chi connectivity index (χ1n) is 8.19. The fourth-order valence-corrected chi connectivity index (χ4v) is 3.07. The minimum Gasteiger partial charge on any atom is -0.341 e. The van der Waals surface area contributed by atoms with Gasteiger partial charge < -0.3 is 15.1 Å². The number of hydrogen-bond acceptors (Lipinski definition) is 4. The summed E-state index contributed by atoms with van der Waals surface area (Å²) in [4.78, 5) is 28.3. The number of likely N-dealkylation sites (N-methyl/N-ethyl adjacent to an activating group) is 1. The summed E-state index contributed by atoms with van der Waals surface area (Å²) in [5, 5.41) is 7.26. The van der Waals surface area contributed by atoms with Crippen LogP contribution in [-0.2, 0) is 9.59 Å². The molecule has 1 aliphatic rings. The molecule has 1 saturated heterocycles. The largest absolute Gasteiger partial charge is 0.341 e. The minimum absolute atomic E-state index is 0. The van der Waals surface area contributed by atoms with Gasteiger partial charge in [-0.3, -0.25) is 14.3 Å². The number of carbonyl (C=O) groups is 2. The first-order chi connectivity index (χ1) is 11.0. The van der Waals surface area contributed by atoms with Crippen molar-refractivity contribution in [2.75, 3.05) is 40.3 Å². The van der Waals surface area contributed by atoms with Gasteiger partial charge in [0.1, 0.15) is 6.04 Å². The highest BCUT2D eigenvalue weighted by atomic mass is 35.5. The van der Waals surface area contributed by atoms with Gasteiger partial charge in [0.2, 0.25) is 11.8 Å². The van der Waals surface area contributed by atoms with Crippen LogP contribution in [0.3, 0.4) is 0 Å². The number of nitrogens with one attached hydrogen (secondary N) is 1. The van der Waals surface area contributed by atoms with Gasteiger partial charge in [0.25, 0.3) is 0 Å². The van der Waals surface area contributed by atoms with E-state index in [2.05, 4.69) is 10.4 Å². The number of amides is 2. The van der Waals surface area contributed by atoms with Crippen molar-refractivity contribution in [1.82, 2.24) is 24.9 Å². The molecule has 1 fully saturated rings. The van der Waals surface area contributed by atoms with Crippen LogP contribution in [0.5, 0.6) is 0 Å². The van der Waals surface area contributed by atoms with Crippen LogP contribution in [0.2, 0.25) is 0 Å². The number of likely N-dealkylation sites (tertiary alicyclic amines) is 1. The Bertz CT molecular complexity index is 525. The fraction of sp³-hybridized carbons (Fsp3) is 0.688. The highest BCUT2D eigenvalue weighted by Crippen LogP contribution is 2.16. The SMILES string of the molecule is CNCC1CCCN(C(=O)CN(C)C(=O)C(C)n2cccn2)C1.Cl.Cl. The molecule has 0 radical (unpaired) electrons. The van der Waals surface area contributed by atoms with Crippen LogP contribution in [0.4, 0.5) is 0 Å². The molecule has 1 aliphatic heterocycles. The first-order valence-corrected chi connectivity index (χ1v) is 8.19. The van der Waals surface area contributed by atoms with E-state index in [1.807, 2.05) is 11.9 Å². The van der Waals surface area contributed by atoms with Crippen LogP contribution in [0.25, 0.3) is 0 Å². The third-order valence-electron chi connectivity index (χ3n) is 4.39. The lowest BCUT2D eigenvalue weighted by atomic mass is 9.98. The monoisotopic (exact) mass is 393 g/mol. The van der Waals surface area contributed by atoms with Gasteiger partial charge >= 0.3 is 0 Å². The van der Waals surface area contributed by atoms with Gasteiger partial charge in [-0.15, -0.1) is 24.8 Å². The van der Waals surface area contributed by atoms with Crippen molar-refractivity contribution in [2.45, 2.75) is 25.8 Å². The third-order valence-corrected chi connectivity index (χ3v) is 4.39. The zero-order valence-electron chi connectivity index (χ0n) is 15.1. The zero-order chi connectivity index (χ0) is 16.8. The van der Waals surface area contributed by atoms with E-state index in [0.717, 1.165) is 32.5 Å². The van der Waals surface area contributed by atoms with Crippen LogP contribution >= 0.6 is 24.8 Å². The van der Waals surface area contributed by atoms with E-state index < -0.39 is 6.04 Å². The molecule has 0 bridgehead atoms. The third kappa shape index (κ3) is 6.49. The summed E-state index contributed by atoms with van der Waals surface area (Å²) < 4.78 is 1.60. The molecule has 144 valence electrons. The van der Waals surface area contributed by atoms with Crippen molar-refractivity contribution < 1.29 is 9.59 Å². The molecule has 1 aromatic heterocycles. The molecule has 2 rings (SSSR count). The quantitative estimate of drug-likeness (QED) is 0.788. The van der Waals surface area contributed by atoms with Gasteiger partial charge in [0.05, 0.1) is 6.54 Å². The predicted octanol–water partition coefficient (Wildman–Crippen LogP) is 1.20. The van der Waals surface area contributed by atoms with Crippen LogP contribution in [0.1, 0.15) is 25.8 Å². The summed E-state index contributed by atoms with van der Waals surface area (Å²) in [7, 11) is 3.61. The van der Waals surface area contributed by atoms with E-state index in [0.29, 0.717) is 5.92 Å².